The van der Waals surface area contributed by atoms with Crippen LogP contribution < -0.4 is 4.74 Å². The minimum Gasteiger partial charge on any atom is -0.491 e. The van der Waals surface area contributed by atoms with Crippen molar-refractivity contribution in [1.29, 1.82) is 0 Å². The Morgan fingerprint density at radius 1 is 1.37 bits per heavy atom. The van der Waals surface area contributed by atoms with Gasteiger partial charge in [-0.3, -0.25) is 4.90 Å². The van der Waals surface area contributed by atoms with Gasteiger partial charge in [-0.25, -0.2) is 0 Å². The van der Waals surface area contributed by atoms with Crippen molar-refractivity contribution >= 4 is 0 Å². The van der Waals surface area contributed by atoms with Crippen LogP contribution >= 0.6 is 0 Å². The van der Waals surface area contributed by atoms with E-state index in [1.165, 1.54) is 0 Å². The molecular weight excluding hydrogens is 242 g/mol. The Kier molecular flexibility index (Phi) is 5.63. The zero-order valence-corrected chi connectivity index (χ0v) is 11.5. The Labute approximate surface area is 114 Å². The molecule has 1 aliphatic rings. The van der Waals surface area contributed by atoms with Crippen LogP contribution in [0.5, 0.6) is 5.75 Å². The third-order valence-electron chi connectivity index (χ3n) is 3.46. The van der Waals surface area contributed by atoms with E-state index in [1.54, 1.807) is 0 Å². The van der Waals surface area contributed by atoms with Crippen molar-refractivity contribution in [3.05, 3.63) is 30.3 Å². The average molecular weight is 265 g/mol. The SMILES string of the molecule is CC1CCOCCN1CC(O)COc1ccccc1. The molecule has 0 amide bonds. The highest BCUT2D eigenvalue weighted by Crippen LogP contribution is 2.11. The number of rotatable bonds is 5. The second-order valence-corrected chi connectivity index (χ2v) is 5.02. The Morgan fingerprint density at radius 2 is 2.16 bits per heavy atom. The molecule has 4 nitrogen and oxygen atoms in total. The maximum atomic E-state index is 10.1. The molecule has 19 heavy (non-hydrogen) atoms. The number of nitrogens with zero attached hydrogens (tertiary/aromatic N) is 1. The highest BCUT2D eigenvalue weighted by Gasteiger charge is 2.20. The highest BCUT2D eigenvalue weighted by atomic mass is 16.5. The van der Waals surface area contributed by atoms with E-state index in [-0.39, 0.29) is 0 Å². The quantitative estimate of drug-likeness (QED) is 0.877. The van der Waals surface area contributed by atoms with Crippen LogP contribution in [0.25, 0.3) is 0 Å². The number of β-amino-alcohol motifs (C(OH)–C–C–N with tert-alkyl or cyclic N) is 1. The predicted octanol–water partition coefficient (Wildman–Crippen LogP) is 1.54. The van der Waals surface area contributed by atoms with Crippen molar-refractivity contribution in [2.45, 2.75) is 25.5 Å². The minimum absolute atomic E-state index is 0.327. The van der Waals surface area contributed by atoms with Crippen LogP contribution in [0.1, 0.15) is 13.3 Å². The minimum atomic E-state index is -0.472. The molecule has 1 fully saturated rings. The second kappa shape index (κ2) is 7.48. The second-order valence-electron chi connectivity index (χ2n) is 5.02. The third-order valence-corrected chi connectivity index (χ3v) is 3.46. The van der Waals surface area contributed by atoms with Crippen LogP contribution in [0.4, 0.5) is 0 Å². The summed E-state index contributed by atoms with van der Waals surface area (Å²) in [6, 6.07) is 10.0. The average Bonchev–Trinajstić information content (AvgIpc) is 2.63. The monoisotopic (exact) mass is 265 g/mol. The summed E-state index contributed by atoms with van der Waals surface area (Å²) in [6.07, 6.45) is 0.549. The topological polar surface area (TPSA) is 41.9 Å². The van der Waals surface area contributed by atoms with Crippen LogP contribution in [-0.4, -0.2) is 55.1 Å². The number of hydrogen-bond acceptors (Lipinski definition) is 4. The van der Waals surface area contributed by atoms with Crippen molar-refractivity contribution in [1.82, 2.24) is 4.90 Å². The third kappa shape index (κ3) is 4.82. The molecule has 0 aliphatic carbocycles. The lowest BCUT2D eigenvalue weighted by atomic mass is 10.2. The molecule has 0 radical (unpaired) electrons. The van der Waals surface area contributed by atoms with Gasteiger partial charge in [0.15, 0.2) is 0 Å². The number of aliphatic hydroxyl groups excluding tert-OH is 1. The molecule has 1 aromatic rings. The molecule has 0 saturated carbocycles. The van der Waals surface area contributed by atoms with Gasteiger partial charge in [0.2, 0.25) is 0 Å². The van der Waals surface area contributed by atoms with E-state index in [1.807, 2.05) is 30.3 Å². The Bertz CT molecular complexity index is 358. The van der Waals surface area contributed by atoms with Gasteiger partial charge in [-0.1, -0.05) is 18.2 Å². The summed E-state index contributed by atoms with van der Waals surface area (Å²) in [7, 11) is 0. The molecule has 1 heterocycles. The summed E-state index contributed by atoms with van der Waals surface area (Å²) < 4.78 is 11.0. The summed E-state index contributed by atoms with van der Waals surface area (Å²) in [5, 5.41) is 10.1. The van der Waals surface area contributed by atoms with Crippen molar-refractivity contribution in [2.24, 2.45) is 0 Å². The first kappa shape index (κ1) is 14.3. The lowest BCUT2D eigenvalue weighted by Crippen LogP contribution is -2.41. The number of aliphatic hydroxyl groups is 1. The van der Waals surface area contributed by atoms with E-state index in [2.05, 4.69) is 11.8 Å². The highest BCUT2D eigenvalue weighted by molar-refractivity contribution is 5.20. The van der Waals surface area contributed by atoms with Crippen LogP contribution in [0.15, 0.2) is 30.3 Å². The number of ether oxygens (including phenoxy) is 2. The van der Waals surface area contributed by atoms with E-state index >= 15 is 0 Å². The van der Waals surface area contributed by atoms with E-state index in [4.69, 9.17) is 9.47 Å². The summed E-state index contributed by atoms with van der Waals surface area (Å²) in [4.78, 5) is 2.27. The smallest absolute Gasteiger partial charge is 0.119 e. The van der Waals surface area contributed by atoms with E-state index in [0.717, 1.165) is 31.9 Å². The van der Waals surface area contributed by atoms with Crippen LogP contribution in [0.2, 0.25) is 0 Å². The van der Waals surface area contributed by atoms with Gasteiger partial charge >= 0.3 is 0 Å². The lowest BCUT2D eigenvalue weighted by molar-refractivity contribution is 0.0544. The maximum Gasteiger partial charge on any atom is 0.119 e. The van der Waals surface area contributed by atoms with Crippen molar-refractivity contribution in [3.8, 4) is 5.75 Å². The Morgan fingerprint density at radius 3 is 2.95 bits per heavy atom. The molecule has 1 aromatic carbocycles. The summed E-state index contributed by atoms with van der Waals surface area (Å²) in [6.45, 7) is 5.58. The fourth-order valence-corrected chi connectivity index (χ4v) is 2.24. The van der Waals surface area contributed by atoms with Gasteiger partial charge < -0.3 is 14.6 Å². The standard InChI is InChI=1S/C15H23NO3/c1-13-7-9-18-10-8-16(13)11-14(17)12-19-15-5-3-2-4-6-15/h2-6,13-14,17H,7-12H2,1H3. The van der Waals surface area contributed by atoms with Gasteiger partial charge in [0.25, 0.3) is 0 Å². The maximum absolute atomic E-state index is 10.1. The van der Waals surface area contributed by atoms with Crippen molar-refractivity contribution < 1.29 is 14.6 Å². The number of benzene rings is 1. The molecule has 1 N–H and O–H groups in total. The molecule has 2 rings (SSSR count). The zero-order valence-electron chi connectivity index (χ0n) is 11.5. The number of para-hydroxylation sites is 1. The van der Waals surface area contributed by atoms with Crippen molar-refractivity contribution in [2.75, 3.05) is 32.9 Å². The molecule has 106 valence electrons. The molecular formula is C15H23NO3. The molecule has 2 atom stereocenters. The van der Waals surface area contributed by atoms with Gasteiger partial charge in [0.1, 0.15) is 18.5 Å². The zero-order chi connectivity index (χ0) is 13.5. The van der Waals surface area contributed by atoms with Gasteiger partial charge in [-0.05, 0) is 25.5 Å². The summed E-state index contributed by atoms with van der Waals surface area (Å²) in [5.41, 5.74) is 0. The Hall–Kier alpha value is -1.10. The molecule has 4 heteroatoms. The first-order valence-corrected chi connectivity index (χ1v) is 6.93. The van der Waals surface area contributed by atoms with Crippen molar-refractivity contribution in [3.63, 3.8) is 0 Å². The van der Waals surface area contributed by atoms with Gasteiger partial charge in [-0.2, -0.15) is 0 Å². The fourth-order valence-electron chi connectivity index (χ4n) is 2.24. The Balaban J connectivity index is 1.75. The van der Waals surface area contributed by atoms with Gasteiger partial charge in [-0.15, -0.1) is 0 Å². The first-order valence-electron chi connectivity index (χ1n) is 6.93. The molecule has 2 unspecified atom stereocenters. The van der Waals surface area contributed by atoms with Gasteiger partial charge in [0.05, 0.1) is 6.61 Å². The molecule has 0 aromatic heterocycles. The fraction of sp³-hybridized carbons (Fsp3) is 0.600. The first-order chi connectivity index (χ1) is 9.25. The van der Waals surface area contributed by atoms with Crippen LogP contribution in [-0.2, 0) is 4.74 Å². The van der Waals surface area contributed by atoms with E-state index in [9.17, 15) is 5.11 Å². The molecule has 1 saturated heterocycles. The van der Waals surface area contributed by atoms with Crippen LogP contribution in [0.3, 0.4) is 0 Å². The van der Waals surface area contributed by atoms with E-state index < -0.39 is 6.10 Å². The normalized spacial score (nSPS) is 22.7. The van der Waals surface area contributed by atoms with E-state index in [0.29, 0.717) is 19.2 Å². The number of hydrogen-bond donors (Lipinski definition) is 1. The van der Waals surface area contributed by atoms with Gasteiger partial charge in [0, 0.05) is 25.7 Å². The summed E-state index contributed by atoms with van der Waals surface area (Å²) in [5.74, 6) is 0.800. The molecule has 0 spiro atoms. The summed E-state index contributed by atoms with van der Waals surface area (Å²) >= 11 is 0. The lowest BCUT2D eigenvalue weighted by Gasteiger charge is -2.28. The molecule has 0 bridgehead atoms. The predicted molar refractivity (Wildman–Crippen MR) is 74.4 cm³/mol. The van der Waals surface area contributed by atoms with Crippen LogP contribution in [0, 0.1) is 0 Å². The largest absolute Gasteiger partial charge is 0.491 e. The molecule has 1 aliphatic heterocycles.